The van der Waals surface area contributed by atoms with E-state index in [2.05, 4.69) is 77.7 Å². The number of nitrogens with zero attached hydrogens (tertiary/aromatic N) is 2. The van der Waals surface area contributed by atoms with Crippen molar-refractivity contribution < 1.29 is 0 Å². The number of fused-ring (bicyclic) bond motifs is 3. The first-order valence-corrected chi connectivity index (χ1v) is 10.6. The minimum Gasteiger partial charge on any atom is -0.300 e. The number of aromatic nitrogens is 1. The van der Waals surface area contributed by atoms with Crippen molar-refractivity contribution in [2.45, 2.75) is 37.1 Å². The molecule has 150 valence electrons. The Kier molecular flexibility index (Phi) is 6.03. The van der Waals surface area contributed by atoms with E-state index in [1.165, 1.54) is 43.5 Å². The van der Waals surface area contributed by atoms with Gasteiger partial charge in [0.05, 0.1) is 11.1 Å². The highest BCUT2D eigenvalue weighted by atomic mass is 35.5. The minimum atomic E-state index is -0.216. The van der Waals surface area contributed by atoms with Gasteiger partial charge in [-0.3, -0.25) is 4.98 Å². The van der Waals surface area contributed by atoms with Crippen LogP contribution in [0.1, 0.15) is 42.5 Å². The lowest BCUT2D eigenvalue weighted by Crippen LogP contribution is -2.51. The topological polar surface area (TPSA) is 16.1 Å². The molecule has 3 saturated heterocycles. The molecule has 2 aromatic carbocycles. The van der Waals surface area contributed by atoms with Crippen molar-refractivity contribution in [1.82, 2.24) is 9.88 Å². The summed E-state index contributed by atoms with van der Waals surface area (Å²) in [4.78, 5) is 7.65. The molecule has 4 heterocycles. The van der Waals surface area contributed by atoms with Crippen LogP contribution in [0.4, 0.5) is 0 Å². The summed E-state index contributed by atoms with van der Waals surface area (Å²) in [6.07, 6.45) is 7.12. The smallest absolute Gasteiger partial charge is 0.0638 e. The molecular weight excluding hydrogens is 376 g/mol. The summed E-state index contributed by atoms with van der Waals surface area (Å²) in [6, 6.07) is 29.1. The zero-order valence-corrected chi connectivity index (χ0v) is 17.6. The van der Waals surface area contributed by atoms with Gasteiger partial charge in [0.2, 0.25) is 0 Å². The third kappa shape index (κ3) is 3.72. The molecule has 0 saturated carbocycles. The maximum absolute atomic E-state index is 4.91. The third-order valence-electron chi connectivity index (χ3n) is 6.95. The van der Waals surface area contributed by atoms with Crippen LogP contribution in [0.25, 0.3) is 0 Å². The molecule has 3 aromatic rings. The second-order valence-electron chi connectivity index (χ2n) is 8.43. The fourth-order valence-electron chi connectivity index (χ4n) is 5.52. The first kappa shape index (κ1) is 20.1. The van der Waals surface area contributed by atoms with Crippen LogP contribution in [0.5, 0.6) is 0 Å². The quantitative estimate of drug-likeness (QED) is 0.541. The number of pyridine rings is 1. The second kappa shape index (κ2) is 8.69. The van der Waals surface area contributed by atoms with Crippen molar-refractivity contribution >= 4 is 12.4 Å². The number of rotatable bonds is 5. The van der Waals surface area contributed by atoms with Gasteiger partial charge in [-0.2, -0.15) is 0 Å². The van der Waals surface area contributed by atoms with Crippen LogP contribution in [-0.4, -0.2) is 29.0 Å². The number of hydrogen-bond donors (Lipinski definition) is 0. The first-order chi connectivity index (χ1) is 13.9. The Hall–Kier alpha value is -2.16. The minimum absolute atomic E-state index is 0. The lowest BCUT2D eigenvalue weighted by atomic mass is 9.65. The van der Waals surface area contributed by atoms with Crippen LogP contribution in [0, 0.1) is 5.92 Å². The van der Waals surface area contributed by atoms with E-state index in [0.29, 0.717) is 6.04 Å². The molecule has 2 nitrogen and oxygen atoms in total. The normalized spacial score (nSPS) is 23.4. The molecule has 3 aliphatic heterocycles. The summed E-state index contributed by atoms with van der Waals surface area (Å²) in [6.45, 7) is 2.52. The number of hydrogen-bond acceptors (Lipinski definition) is 2. The van der Waals surface area contributed by atoms with Gasteiger partial charge in [0, 0.05) is 12.2 Å². The van der Waals surface area contributed by atoms with Crippen molar-refractivity contribution in [2.24, 2.45) is 5.92 Å². The second-order valence-corrected chi connectivity index (χ2v) is 8.43. The van der Waals surface area contributed by atoms with Crippen LogP contribution in [-0.2, 0) is 5.41 Å². The van der Waals surface area contributed by atoms with Gasteiger partial charge in [0.15, 0.2) is 0 Å². The van der Waals surface area contributed by atoms with E-state index < -0.39 is 0 Å². The highest BCUT2D eigenvalue weighted by Gasteiger charge is 2.43. The van der Waals surface area contributed by atoms with Crippen molar-refractivity contribution in [3.63, 3.8) is 0 Å². The van der Waals surface area contributed by atoms with Crippen LogP contribution in [0.2, 0.25) is 0 Å². The molecule has 0 spiro atoms. The van der Waals surface area contributed by atoms with Gasteiger partial charge in [-0.1, -0.05) is 66.7 Å². The number of piperidine rings is 3. The van der Waals surface area contributed by atoms with Crippen LogP contribution in [0.3, 0.4) is 0 Å². The van der Waals surface area contributed by atoms with Gasteiger partial charge in [-0.05, 0) is 68.0 Å². The average Bonchev–Trinajstić information content (AvgIpc) is 2.80. The summed E-state index contributed by atoms with van der Waals surface area (Å²) < 4.78 is 0. The largest absolute Gasteiger partial charge is 0.300 e. The first-order valence-electron chi connectivity index (χ1n) is 10.6. The molecule has 3 heteroatoms. The molecule has 1 unspecified atom stereocenters. The Morgan fingerprint density at radius 2 is 1.38 bits per heavy atom. The maximum Gasteiger partial charge on any atom is 0.0638 e. The van der Waals surface area contributed by atoms with E-state index in [0.717, 1.165) is 18.0 Å². The van der Waals surface area contributed by atoms with Gasteiger partial charge in [0.1, 0.15) is 0 Å². The van der Waals surface area contributed by atoms with Crippen molar-refractivity contribution in [2.75, 3.05) is 13.1 Å². The molecule has 3 fully saturated rings. The Morgan fingerprint density at radius 3 is 1.86 bits per heavy atom. The molecule has 1 aromatic heterocycles. The monoisotopic (exact) mass is 404 g/mol. The Bertz CT molecular complexity index is 793. The molecule has 1 atom stereocenters. The standard InChI is InChI=1S/C26H28N2.ClH/c1-3-9-22(10-4-1)26(23-11-5-2-6-12-23,25-13-7-8-16-27-25)20-24-19-21-14-17-28(24)18-15-21;/h1-13,16,21,24H,14-15,17-20H2;1H. The molecule has 6 rings (SSSR count). The van der Waals surface area contributed by atoms with E-state index in [1.807, 2.05) is 12.3 Å². The summed E-state index contributed by atoms with van der Waals surface area (Å²) in [7, 11) is 0. The van der Waals surface area contributed by atoms with Gasteiger partial charge in [-0.25, -0.2) is 0 Å². The molecule has 2 bridgehead atoms. The van der Waals surface area contributed by atoms with Crippen molar-refractivity contribution in [3.8, 4) is 0 Å². The van der Waals surface area contributed by atoms with Crippen LogP contribution >= 0.6 is 12.4 Å². The SMILES string of the molecule is Cl.c1ccc(C(CC2CC3CCN2CC3)(c2ccccc2)c2ccccn2)cc1. The highest BCUT2D eigenvalue weighted by Crippen LogP contribution is 2.46. The van der Waals surface area contributed by atoms with E-state index in [4.69, 9.17) is 4.98 Å². The predicted octanol–water partition coefficient (Wildman–Crippen LogP) is 5.71. The van der Waals surface area contributed by atoms with Gasteiger partial charge < -0.3 is 4.90 Å². The van der Waals surface area contributed by atoms with E-state index in [9.17, 15) is 0 Å². The fourth-order valence-corrected chi connectivity index (χ4v) is 5.52. The molecule has 29 heavy (non-hydrogen) atoms. The van der Waals surface area contributed by atoms with Crippen LogP contribution in [0.15, 0.2) is 85.1 Å². The average molecular weight is 405 g/mol. The molecule has 3 aliphatic rings. The Labute approximate surface area is 180 Å². The maximum atomic E-state index is 4.91. The third-order valence-corrected chi connectivity index (χ3v) is 6.95. The van der Waals surface area contributed by atoms with Crippen LogP contribution < -0.4 is 0 Å². The lowest BCUT2D eigenvalue weighted by Gasteiger charge is -2.49. The lowest BCUT2D eigenvalue weighted by molar-refractivity contribution is 0.0380. The van der Waals surface area contributed by atoms with E-state index >= 15 is 0 Å². The van der Waals surface area contributed by atoms with Crippen molar-refractivity contribution in [3.05, 3.63) is 102 Å². The molecule has 0 aliphatic carbocycles. The fraction of sp³-hybridized carbons (Fsp3) is 0.346. The summed E-state index contributed by atoms with van der Waals surface area (Å²) in [5.41, 5.74) is 3.64. The van der Waals surface area contributed by atoms with Gasteiger partial charge >= 0.3 is 0 Å². The zero-order chi connectivity index (χ0) is 18.8. The summed E-state index contributed by atoms with van der Waals surface area (Å²) in [5, 5.41) is 0. The Balaban J connectivity index is 0.00000205. The molecular formula is C26H29ClN2. The summed E-state index contributed by atoms with van der Waals surface area (Å²) in [5.74, 6) is 0.906. The summed E-state index contributed by atoms with van der Waals surface area (Å²) >= 11 is 0. The van der Waals surface area contributed by atoms with Crippen molar-refractivity contribution in [1.29, 1.82) is 0 Å². The molecule has 0 radical (unpaired) electrons. The number of halogens is 1. The van der Waals surface area contributed by atoms with Gasteiger partial charge in [-0.15, -0.1) is 12.4 Å². The zero-order valence-electron chi connectivity index (χ0n) is 16.8. The molecule has 0 N–H and O–H groups in total. The predicted molar refractivity (Wildman–Crippen MR) is 122 cm³/mol. The van der Waals surface area contributed by atoms with E-state index in [1.54, 1.807) is 0 Å². The van der Waals surface area contributed by atoms with E-state index in [-0.39, 0.29) is 17.8 Å². The molecule has 0 amide bonds. The highest BCUT2D eigenvalue weighted by molar-refractivity contribution is 5.85. The van der Waals surface area contributed by atoms with Gasteiger partial charge in [0.25, 0.3) is 0 Å². The Morgan fingerprint density at radius 1 is 0.793 bits per heavy atom. The number of benzene rings is 2.